The van der Waals surface area contributed by atoms with E-state index in [1.165, 1.54) is 13.8 Å². The smallest absolute Gasteiger partial charge is 0.338 e. The first-order valence-electron chi connectivity index (χ1n) is 11.4. The van der Waals surface area contributed by atoms with Crippen molar-refractivity contribution >= 4 is 24.1 Å². The van der Waals surface area contributed by atoms with Gasteiger partial charge in [-0.3, -0.25) is 0 Å². The van der Waals surface area contributed by atoms with E-state index in [0.717, 1.165) is 11.1 Å². The number of esters is 2. The lowest BCUT2D eigenvalue weighted by molar-refractivity contribution is -0.132. The predicted octanol–water partition coefficient (Wildman–Crippen LogP) is 6.73. The lowest BCUT2D eigenvalue weighted by Crippen LogP contribution is -2.12. The second-order valence-electron chi connectivity index (χ2n) is 7.85. The van der Waals surface area contributed by atoms with Crippen LogP contribution in [0.4, 0.5) is 0 Å². The van der Waals surface area contributed by atoms with Crippen LogP contribution in [0.1, 0.15) is 38.8 Å². The van der Waals surface area contributed by atoms with Gasteiger partial charge in [0.05, 0.1) is 0 Å². The second kappa shape index (κ2) is 14.2. The summed E-state index contributed by atoms with van der Waals surface area (Å²) < 4.78 is 22.4. The molecule has 2 rings (SSSR count). The maximum Gasteiger partial charge on any atom is 0.338 e. The van der Waals surface area contributed by atoms with Crippen LogP contribution in [-0.4, -0.2) is 25.2 Å². The van der Waals surface area contributed by atoms with Crippen molar-refractivity contribution in [3.8, 4) is 23.0 Å². The van der Waals surface area contributed by atoms with Gasteiger partial charge in [0.1, 0.15) is 13.2 Å². The Morgan fingerprint density at radius 1 is 0.694 bits per heavy atom. The van der Waals surface area contributed by atoms with Crippen LogP contribution in [-0.2, 0) is 9.59 Å². The number of allylic oxidation sites excluding steroid dienone is 2. The van der Waals surface area contributed by atoms with Crippen molar-refractivity contribution in [2.45, 2.75) is 27.7 Å². The Bertz CT molecular complexity index is 1200. The molecular formula is C30H32O6. The first-order chi connectivity index (χ1) is 17.2. The third-order valence-electron chi connectivity index (χ3n) is 4.65. The van der Waals surface area contributed by atoms with E-state index in [-0.39, 0.29) is 22.6 Å². The quantitative estimate of drug-likeness (QED) is 0.108. The number of hydrogen-bond acceptors (Lipinski definition) is 6. The van der Waals surface area contributed by atoms with Crippen molar-refractivity contribution in [3.05, 3.63) is 96.1 Å². The molecule has 0 aliphatic carbocycles. The maximum atomic E-state index is 12.1. The molecule has 0 aliphatic heterocycles. The van der Waals surface area contributed by atoms with Gasteiger partial charge in [-0.05, 0) is 63.1 Å². The van der Waals surface area contributed by atoms with Gasteiger partial charge in [-0.2, -0.15) is 0 Å². The fourth-order valence-corrected chi connectivity index (χ4v) is 2.69. The molecule has 0 unspecified atom stereocenters. The lowest BCUT2D eigenvalue weighted by Gasteiger charge is -2.12. The van der Waals surface area contributed by atoms with Crippen LogP contribution in [0, 0.1) is 0 Å². The van der Waals surface area contributed by atoms with Crippen LogP contribution in [0.15, 0.2) is 85.0 Å². The first-order valence-corrected chi connectivity index (χ1v) is 11.4. The molecule has 2 aromatic carbocycles. The van der Waals surface area contributed by atoms with Crippen molar-refractivity contribution in [1.82, 2.24) is 0 Å². The van der Waals surface area contributed by atoms with Crippen LogP contribution < -0.4 is 18.9 Å². The monoisotopic (exact) mass is 488 g/mol. The summed E-state index contributed by atoms with van der Waals surface area (Å²) in [6, 6.07) is 10.6. The van der Waals surface area contributed by atoms with Crippen molar-refractivity contribution in [3.63, 3.8) is 0 Å². The van der Waals surface area contributed by atoms with Gasteiger partial charge in [-0.15, -0.1) is 0 Å². The number of rotatable bonds is 12. The molecule has 0 heterocycles. The average Bonchev–Trinajstić information content (AvgIpc) is 2.85. The highest BCUT2D eigenvalue weighted by molar-refractivity contribution is 5.91. The molecule has 0 saturated carbocycles. The summed E-state index contributed by atoms with van der Waals surface area (Å²) in [5, 5.41) is 0. The zero-order chi connectivity index (χ0) is 26.5. The summed E-state index contributed by atoms with van der Waals surface area (Å²) >= 11 is 0. The molecule has 188 valence electrons. The molecule has 6 heteroatoms. The minimum absolute atomic E-state index is 0.0999. The maximum absolute atomic E-state index is 12.1. The third-order valence-corrected chi connectivity index (χ3v) is 4.65. The number of carbonyl (C=O) groups is 2. The fraction of sp³-hybridized carbons (Fsp3) is 0.200. The van der Waals surface area contributed by atoms with Crippen molar-refractivity contribution in [2.75, 3.05) is 13.2 Å². The summed E-state index contributed by atoms with van der Waals surface area (Å²) in [6.45, 7) is 15.0. The van der Waals surface area contributed by atoms with Gasteiger partial charge >= 0.3 is 11.9 Å². The number of carbonyl (C=O) groups excluding carboxylic acids is 2. The van der Waals surface area contributed by atoms with Crippen molar-refractivity contribution in [1.29, 1.82) is 0 Å². The summed E-state index contributed by atoms with van der Waals surface area (Å²) in [4.78, 5) is 24.1. The van der Waals surface area contributed by atoms with E-state index in [2.05, 4.69) is 13.2 Å². The van der Waals surface area contributed by atoms with Gasteiger partial charge < -0.3 is 18.9 Å². The Kier molecular flexibility index (Phi) is 11.0. The zero-order valence-electron chi connectivity index (χ0n) is 21.2. The summed E-state index contributed by atoms with van der Waals surface area (Å²) in [5.74, 6) is 0.235. The zero-order valence-corrected chi connectivity index (χ0v) is 21.2. The van der Waals surface area contributed by atoms with E-state index in [0.29, 0.717) is 24.7 Å². The molecule has 0 radical (unpaired) electrons. The van der Waals surface area contributed by atoms with Gasteiger partial charge in [0.15, 0.2) is 23.0 Å². The SMILES string of the molecule is C=C(C)C(=O)Oc1ccc(/C=C/c2ccc(OC/C=C/C)c(OC/C=C/C)c2)cc1OC(=O)C(=C)C. The Labute approximate surface area is 212 Å². The van der Waals surface area contributed by atoms with Crippen molar-refractivity contribution in [2.24, 2.45) is 0 Å². The van der Waals surface area contributed by atoms with E-state index < -0.39 is 11.9 Å². The van der Waals surface area contributed by atoms with Gasteiger partial charge in [-0.25, -0.2) is 9.59 Å². The molecule has 2 aromatic rings. The number of hydrogen-bond donors (Lipinski definition) is 0. The van der Waals surface area contributed by atoms with E-state index in [1.54, 1.807) is 18.2 Å². The Morgan fingerprint density at radius 3 is 1.64 bits per heavy atom. The molecule has 0 fully saturated rings. The van der Waals surface area contributed by atoms with Crippen LogP contribution in [0.25, 0.3) is 12.2 Å². The topological polar surface area (TPSA) is 71.1 Å². The molecule has 0 saturated heterocycles. The molecular weight excluding hydrogens is 456 g/mol. The standard InChI is InChI=1S/C30H32O6/c1-7-9-17-33-25-15-13-23(19-27(25)34-18-10-8-2)11-12-24-14-16-26(35-29(31)21(3)4)28(20-24)36-30(32)22(5)6/h7-16,19-20H,3,5,17-18H2,1-2,4,6H3/b9-7+,10-8+,12-11+. The molecule has 0 amide bonds. The normalized spacial score (nSPS) is 11.1. The van der Waals surface area contributed by atoms with Gasteiger partial charge in [-0.1, -0.05) is 61.7 Å². The van der Waals surface area contributed by atoms with Crippen molar-refractivity contribution < 1.29 is 28.5 Å². The predicted molar refractivity (Wildman–Crippen MR) is 143 cm³/mol. The summed E-state index contributed by atoms with van der Waals surface area (Å²) in [5.41, 5.74) is 2.04. The average molecular weight is 489 g/mol. The van der Waals surface area contributed by atoms with E-state index >= 15 is 0 Å². The minimum atomic E-state index is -0.625. The molecule has 0 aromatic heterocycles. The third kappa shape index (κ3) is 8.80. The highest BCUT2D eigenvalue weighted by Crippen LogP contribution is 2.32. The lowest BCUT2D eigenvalue weighted by atomic mass is 10.1. The Morgan fingerprint density at radius 2 is 1.14 bits per heavy atom. The molecule has 0 atom stereocenters. The fourth-order valence-electron chi connectivity index (χ4n) is 2.69. The Balaban J connectivity index is 2.33. The summed E-state index contributed by atoms with van der Waals surface area (Å²) in [7, 11) is 0. The van der Waals surface area contributed by atoms with Gasteiger partial charge in [0, 0.05) is 11.1 Å². The highest BCUT2D eigenvalue weighted by atomic mass is 16.6. The van der Waals surface area contributed by atoms with Gasteiger partial charge in [0.25, 0.3) is 0 Å². The first kappa shape index (κ1) is 27.9. The van der Waals surface area contributed by atoms with Crippen LogP contribution >= 0.6 is 0 Å². The van der Waals surface area contributed by atoms with Crippen LogP contribution in [0.2, 0.25) is 0 Å². The molecule has 36 heavy (non-hydrogen) atoms. The molecule has 0 N–H and O–H groups in total. The molecule has 0 bridgehead atoms. The van der Waals surface area contributed by atoms with Gasteiger partial charge in [0.2, 0.25) is 0 Å². The number of ether oxygens (including phenoxy) is 4. The molecule has 6 nitrogen and oxygen atoms in total. The molecule has 0 spiro atoms. The van der Waals surface area contributed by atoms with E-state index in [9.17, 15) is 9.59 Å². The minimum Gasteiger partial charge on any atom is -0.486 e. The highest BCUT2D eigenvalue weighted by Gasteiger charge is 2.15. The largest absolute Gasteiger partial charge is 0.486 e. The van der Waals surface area contributed by atoms with Crippen LogP contribution in [0.5, 0.6) is 23.0 Å². The second-order valence-corrected chi connectivity index (χ2v) is 7.85. The molecule has 0 aliphatic rings. The van der Waals surface area contributed by atoms with Crippen LogP contribution in [0.3, 0.4) is 0 Å². The Hall–Kier alpha value is -4.32. The number of benzene rings is 2. The van der Waals surface area contributed by atoms with E-state index in [4.69, 9.17) is 18.9 Å². The van der Waals surface area contributed by atoms with E-state index in [1.807, 2.05) is 68.5 Å². The summed E-state index contributed by atoms with van der Waals surface area (Å²) in [6.07, 6.45) is 11.4.